The number of hydrogen-bond donors (Lipinski definition) is 1. The predicted molar refractivity (Wildman–Crippen MR) is 66.5 cm³/mol. The number of rotatable bonds is 6. The number of nitrogens with two attached hydrogens (primary N) is 1. The summed E-state index contributed by atoms with van der Waals surface area (Å²) in [5.41, 5.74) is 5.48. The highest BCUT2D eigenvalue weighted by molar-refractivity contribution is 5.45. The molecule has 0 aromatic heterocycles. The Labute approximate surface area is 102 Å². The summed E-state index contributed by atoms with van der Waals surface area (Å²) in [6.45, 7) is 2.56. The SMILES string of the molecule is C#CCOc1ccc(OC(C)CN)cc1OC. The summed E-state index contributed by atoms with van der Waals surface area (Å²) >= 11 is 0. The minimum atomic E-state index is -0.0443. The molecule has 2 N–H and O–H groups in total. The van der Waals surface area contributed by atoms with E-state index in [9.17, 15) is 0 Å². The topological polar surface area (TPSA) is 53.7 Å². The van der Waals surface area contributed by atoms with Crippen LogP contribution in [0.25, 0.3) is 0 Å². The molecule has 0 fully saturated rings. The third kappa shape index (κ3) is 3.89. The quantitative estimate of drug-likeness (QED) is 0.758. The molecule has 0 bridgehead atoms. The molecule has 0 saturated heterocycles. The van der Waals surface area contributed by atoms with Crippen molar-refractivity contribution < 1.29 is 14.2 Å². The van der Waals surface area contributed by atoms with E-state index < -0.39 is 0 Å². The third-order valence-electron chi connectivity index (χ3n) is 2.12. The van der Waals surface area contributed by atoms with Crippen LogP contribution < -0.4 is 19.9 Å². The number of terminal acetylenes is 1. The van der Waals surface area contributed by atoms with E-state index in [0.29, 0.717) is 23.8 Å². The zero-order chi connectivity index (χ0) is 12.7. The van der Waals surface area contributed by atoms with Gasteiger partial charge in [-0.1, -0.05) is 5.92 Å². The monoisotopic (exact) mass is 235 g/mol. The summed E-state index contributed by atoms with van der Waals surface area (Å²) in [7, 11) is 1.56. The molecule has 0 saturated carbocycles. The minimum absolute atomic E-state index is 0.0443. The summed E-state index contributed by atoms with van der Waals surface area (Å²) in [5, 5.41) is 0. The number of hydrogen-bond acceptors (Lipinski definition) is 4. The maximum atomic E-state index is 5.56. The van der Waals surface area contributed by atoms with Crippen molar-refractivity contribution in [1.29, 1.82) is 0 Å². The molecule has 0 aliphatic heterocycles. The van der Waals surface area contributed by atoms with Gasteiger partial charge in [-0.05, 0) is 19.1 Å². The molecular weight excluding hydrogens is 218 g/mol. The average Bonchev–Trinajstić information content (AvgIpc) is 2.36. The zero-order valence-corrected chi connectivity index (χ0v) is 10.1. The smallest absolute Gasteiger partial charge is 0.164 e. The normalized spacial score (nSPS) is 11.4. The van der Waals surface area contributed by atoms with E-state index >= 15 is 0 Å². The maximum Gasteiger partial charge on any atom is 0.164 e. The van der Waals surface area contributed by atoms with Crippen LogP contribution in [0.3, 0.4) is 0 Å². The molecule has 17 heavy (non-hydrogen) atoms. The van der Waals surface area contributed by atoms with Crippen molar-refractivity contribution in [2.75, 3.05) is 20.3 Å². The molecule has 1 unspecified atom stereocenters. The molecule has 0 spiro atoms. The average molecular weight is 235 g/mol. The molecule has 1 rings (SSSR count). The van der Waals surface area contributed by atoms with Crippen LogP contribution in [0.15, 0.2) is 18.2 Å². The first-order valence-corrected chi connectivity index (χ1v) is 5.32. The highest BCUT2D eigenvalue weighted by atomic mass is 16.5. The van der Waals surface area contributed by atoms with E-state index in [4.69, 9.17) is 26.4 Å². The van der Waals surface area contributed by atoms with Crippen molar-refractivity contribution >= 4 is 0 Å². The summed E-state index contributed by atoms with van der Waals surface area (Å²) in [6, 6.07) is 5.30. The van der Waals surface area contributed by atoms with Gasteiger partial charge in [0.1, 0.15) is 18.5 Å². The van der Waals surface area contributed by atoms with Gasteiger partial charge in [0.2, 0.25) is 0 Å². The summed E-state index contributed by atoms with van der Waals surface area (Å²) in [4.78, 5) is 0. The van der Waals surface area contributed by atoms with Gasteiger partial charge in [0.05, 0.1) is 7.11 Å². The van der Waals surface area contributed by atoms with Crippen molar-refractivity contribution in [1.82, 2.24) is 0 Å². The number of methoxy groups -OCH3 is 1. The van der Waals surface area contributed by atoms with Crippen LogP contribution in [0, 0.1) is 12.3 Å². The van der Waals surface area contributed by atoms with Crippen molar-refractivity contribution in [3.8, 4) is 29.6 Å². The van der Waals surface area contributed by atoms with Gasteiger partial charge in [-0.25, -0.2) is 0 Å². The third-order valence-corrected chi connectivity index (χ3v) is 2.12. The van der Waals surface area contributed by atoms with Gasteiger partial charge in [0, 0.05) is 12.6 Å². The number of ether oxygens (including phenoxy) is 3. The van der Waals surface area contributed by atoms with E-state index in [2.05, 4.69) is 5.92 Å². The molecule has 4 nitrogen and oxygen atoms in total. The molecule has 1 atom stereocenters. The molecule has 1 aromatic carbocycles. The Morgan fingerprint density at radius 1 is 1.41 bits per heavy atom. The molecule has 0 radical (unpaired) electrons. The van der Waals surface area contributed by atoms with Crippen molar-refractivity contribution in [3.05, 3.63) is 18.2 Å². The predicted octanol–water partition coefficient (Wildman–Crippen LogP) is 1.43. The largest absolute Gasteiger partial charge is 0.493 e. The van der Waals surface area contributed by atoms with Gasteiger partial charge >= 0.3 is 0 Å². The fourth-order valence-electron chi connectivity index (χ4n) is 1.24. The standard InChI is InChI=1S/C13H17NO3/c1-4-7-16-12-6-5-11(8-13(12)15-3)17-10(2)9-14/h1,5-6,8,10H,7,9,14H2,2-3H3. The van der Waals surface area contributed by atoms with Gasteiger partial charge < -0.3 is 19.9 Å². The van der Waals surface area contributed by atoms with Crippen molar-refractivity contribution in [2.45, 2.75) is 13.0 Å². The number of benzene rings is 1. The maximum absolute atomic E-state index is 5.56. The van der Waals surface area contributed by atoms with Crippen molar-refractivity contribution in [2.24, 2.45) is 5.73 Å². The minimum Gasteiger partial charge on any atom is -0.493 e. The van der Waals surface area contributed by atoms with Gasteiger partial charge in [-0.2, -0.15) is 0 Å². The fraction of sp³-hybridized carbons (Fsp3) is 0.385. The van der Waals surface area contributed by atoms with Gasteiger partial charge in [0.15, 0.2) is 11.5 Å². The van der Waals surface area contributed by atoms with Crippen LogP contribution in [0.1, 0.15) is 6.92 Å². The Hall–Kier alpha value is -1.86. The fourth-order valence-corrected chi connectivity index (χ4v) is 1.24. The first kappa shape index (κ1) is 13.2. The summed E-state index contributed by atoms with van der Waals surface area (Å²) < 4.78 is 16.1. The molecule has 0 aliphatic rings. The highest BCUT2D eigenvalue weighted by Gasteiger charge is 2.08. The Bertz CT molecular complexity index is 398. The lowest BCUT2D eigenvalue weighted by Crippen LogP contribution is -2.22. The lowest BCUT2D eigenvalue weighted by atomic mass is 10.3. The second-order valence-corrected chi connectivity index (χ2v) is 3.47. The van der Waals surface area contributed by atoms with Crippen LogP contribution >= 0.6 is 0 Å². The Balaban J connectivity index is 2.81. The van der Waals surface area contributed by atoms with Crippen LogP contribution in [-0.2, 0) is 0 Å². The summed E-state index contributed by atoms with van der Waals surface area (Å²) in [6.07, 6.45) is 5.08. The second-order valence-electron chi connectivity index (χ2n) is 3.47. The van der Waals surface area contributed by atoms with E-state index in [-0.39, 0.29) is 12.7 Å². The highest BCUT2D eigenvalue weighted by Crippen LogP contribution is 2.31. The second kappa shape index (κ2) is 6.66. The van der Waals surface area contributed by atoms with Gasteiger partial charge in [-0.3, -0.25) is 0 Å². The lowest BCUT2D eigenvalue weighted by molar-refractivity contribution is 0.228. The van der Waals surface area contributed by atoms with Gasteiger partial charge in [0.25, 0.3) is 0 Å². The van der Waals surface area contributed by atoms with E-state index in [0.717, 1.165) is 0 Å². The first-order chi connectivity index (χ1) is 8.21. The molecule has 92 valence electrons. The Kier molecular flexibility index (Phi) is 5.18. The molecule has 0 aliphatic carbocycles. The lowest BCUT2D eigenvalue weighted by Gasteiger charge is -2.15. The van der Waals surface area contributed by atoms with Crippen molar-refractivity contribution in [3.63, 3.8) is 0 Å². The van der Waals surface area contributed by atoms with Gasteiger partial charge in [-0.15, -0.1) is 6.42 Å². The first-order valence-electron chi connectivity index (χ1n) is 5.32. The molecule has 4 heteroatoms. The van der Waals surface area contributed by atoms with E-state index in [1.165, 1.54) is 0 Å². The molecule has 0 amide bonds. The van der Waals surface area contributed by atoms with Crippen LogP contribution in [0.4, 0.5) is 0 Å². The Morgan fingerprint density at radius 2 is 2.18 bits per heavy atom. The van der Waals surface area contributed by atoms with E-state index in [1.807, 2.05) is 6.92 Å². The Morgan fingerprint density at radius 3 is 2.76 bits per heavy atom. The van der Waals surface area contributed by atoms with E-state index in [1.54, 1.807) is 25.3 Å². The van der Waals surface area contributed by atoms with Crippen LogP contribution in [0.5, 0.6) is 17.2 Å². The summed E-state index contributed by atoms with van der Waals surface area (Å²) in [5.74, 6) is 4.27. The van der Waals surface area contributed by atoms with Crippen LogP contribution in [-0.4, -0.2) is 26.4 Å². The van der Waals surface area contributed by atoms with Crippen LogP contribution in [0.2, 0.25) is 0 Å². The zero-order valence-electron chi connectivity index (χ0n) is 10.1. The molecule has 0 heterocycles. The molecule has 1 aromatic rings. The molecular formula is C13H17NO3.